The van der Waals surface area contributed by atoms with Crippen LogP contribution in [0.1, 0.15) is 40.7 Å². The predicted octanol–water partition coefficient (Wildman–Crippen LogP) is 4.72. The number of para-hydroxylation sites is 1. The molecule has 0 aromatic heterocycles. The second-order valence-corrected chi connectivity index (χ2v) is 10.00. The maximum Gasteiger partial charge on any atom is 0.262 e. The number of sulfonamides is 1. The molecule has 6 nitrogen and oxygen atoms in total. The van der Waals surface area contributed by atoms with Crippen LogP contribution < -0.4 is 14.9 Å². The molecule has 1 heterocycles. The van der Waals surface area contributed by atoms with Crippen LogP contribution >= 0.6 is 0 Å². The first kappa shape index (κ1) is 22.9. The van der Waals surface area contributed by atoms with E-state index in [1.807, 2.05) is 18.2 Å². The molecule has 0 atom stereocenters. The van der Waals surface area contributed by atoms with Crippen LogP contribution in [0.5, 0.6) is 0 Å². The van der Waals surface area contributed by atoms with Crippen LogP contribution in [0.3, 0.4) is 0 Å². The average Bonchev–Trinajstić information content (AvgIpc) is 2.84. The number of hydrogen-bond donors (Lipinski definition) is 2. The number of benzene rings is 3. The van der Waals surface area contributed by atoms with Gasteiger partial charge in [-0.15, -0.1) is 0 Å². The monoisotopic (exact) mass is 463 g/mol. The van der Waals surface area contributed by atoms with Gasteiger partial charge in [0.15, 0.2) is 0 Å². The first-order valence-electron chi connectivity index (χ1n) is 11.2. The normalized spacial score (nSPS) is 14.0. The third-order valence-corrected chi connectivity index (χ3v) is 7.40. The maximum atomic E-state index is 12.9. The van der Waals surface area contributed by atoms with Crippen molar-refractivity contribution in [3.05, 3.63) is 89.5 Å². The number of carbonyl (C=O) groups excluding carboxylic acids is 1. The average molecular weight is 464 g/mol. The molecule has 0 saturated carbocycles. The minimum atomic E-state index is -3.82. The maximum absolute atomic E-state index is 12.9. The Bertz CT molecular complexity index is 1200. The van der Waals surface area contributed by atoms with Crippen molar-refractivity contribution in [2.45, 2.75) is 37.6 Å². The quantitative estimate of drug-likeness (QED) is 0.532. The number of anilines is 2. The molecule has 0 spiro atoms. The lowest BCUT2D eigenvalue weighted by Crippen LogP contribution is -2.29. The van der Waals surface area contributed by atoms with Crippen LogP contribution in [0.15, 0.2) is 77.7 Å². The molecule has 33 heavy (non-hydrogen) atoms. The summed E-state index contributed by atoms with van der Waals surface area (Å²) in [6.45, 7) is 4.27. The standard InChI is InChI=1S/C26H29N3O3S/c1-20-10-13-22(18-25(20)33(31,32)28-23-8-4-2-5-9-23)26(30)27-19-21-11-14-24(15-12-21)29-16-6-3-7-17-29/h2,4-5,8-15,18,28H,3,6-7,16-17,19H2,1H3,(H,27,30). The smallest absolute Gasteiger partial charge is 0.262 e. The van der Waals surface area contributed by atoms with E-state index in [0.717, 1.165) is 18.7 Å². The molecule has 0 radical (unpaired) electrons. The number of piperidine rings is 1. The topological polar surface area (TPSA) is 78.5 Å². The van der Waals surface area contributed by atoms with Gasteiger partial charge in [-0.05, 0) is 73.7 Å². The van der Waals surface area contributed by atoms with Crippen LogP contribution in [0.2, 0.25) is 0 Å². The molecule has 7 heteroatoms. The molecule has 172 valence electrons. The lowest BCUT2D eigenvalue weighted by atomic mass is 10.1. The second-order valence-electron chi connectivity index (χ2n) is 8.35. The van der Waals surface area contributed by atoms with Gasteiger partial charge in [-0.3, -0.25) is 9.52 Å². The molecule has 0 aliphatic carbocycles. The molecule has 0 bridgehead atoms. The van der Waals surface area contributed by atoms with E-state index in [1.165, 1.54) is 31.0 Å². The zero-order valence-electron chi connectivity index (χ0n) is 18.8. The van der Waals surface area contributed by atoms with Crippen molar-refractivity contribution >= 4 is 27.3 Å². The Morgan fingerprint density at radius 3 is 2.30 bits per heavy atom. The van der Waals surface area contributed by atoms with Crippen LogP contribution in [-0.4, -0.2) is 27.4 Å². The summed E-state index contributed by atoms with van der Waals surface area (Å²) in [6, 6.07) is 21.7. The molecule has 4 rings (SSSR count). The number of nitrogens with one attached hydrogen (secondary N) is 2. The number of carbonyl (C=O) groups is 1. The minimum absolute atomic E-state index is 0.0879. The Hall–Kier alpha value is -3.32. The molecule has 1 saturated heterocycles. The highest BCUT2D eigenvalue weighted by atomic mass is 32.2. The van der Waals surface area contributed by atoms with E-state index >= 15 is 0 Å². The summed E-state index contributed by atoms with van der Waals surface area (Å²) in [6.07, 6.45) is 3.75. The Balaban J connectivity index is 1.42. The van der Waals surface area contributed by atoms with Crippen molar-refractivity contribution in [2.75, 3.05) is 22.7 Å². The van der Waals surface area contributed by atoms with Gasteiger partial charge in [0.2, 0.25) is 0 Å². The molecule has 1 amide bonds. The van der Waals surface area contributed by atoms with Gasteiger partial charge < -0.3 is 10.2 Å². The molecule has 0 unspecified atom stereocenters. The van der Waals surface area contributed by atoms with E-state index in [-0.39, 0.29) is 10.8 Å². The Labute approximate surface area is 195 Å². The van der Waals surface area contributed by atoms with Crippen LogP contribution in [0, 0.1) is 6.92 Å². The number of amides is 1. The van der Waals surface area contributed by atoms with Crippen LogP contribution in [0.4, 0.5) is 11.4 Å². The third kappa shape index (κ3) is 5.73. The third-order valence-electron chi connectivity index (χ3n) is 5.88. The van der Waals surface area contributed by atoms with E-state index in [1.54, 1.807) is 43.3 Å². The van der Waals surface area contributed by atoms with E-state index in [9.17, 15) is 13.2 Å². The lowest BCUT2D eigenvalue weighted by molar-refractivity contribution is 0.0950. The largest absolute Gasteiger partial charge is 0.372 e. The molecule has 3 aromatic rings. The molecular weight excluding hydrogens is 434 g/mol. The summed E-state index contributed by atoms with van der Waals surface area (Å²) in [4.78, 5) is 15.2. The zero-order valence-corrected chi connectivity index (χ0v) is 19.6. The summed E-state index contributed by atoms with van der Waals surface area (Å²) < 4.78 is 28.4. The summed E-state index contributed by atoms with van der Waals surface area (Å²) in [5, 5.41) is 2.89. The Morgan fingerprint density at radius 2 is 1.61 bits per heavy atom. The van der Waals surface area contributed by atoms with Gasteiger partial charge in [0.1, 0.15) is 0 Å². The second kappa shape index (κ2) is 10.1. The van der Waals surface area contributed by atoms with Crippen LogP contribution in [-0.2, 0) is 16.6 Å². The number of rotatable bonds is 7. The van der Waals surface area contributed by atoms with Gasteiger partial charge in [0.05, 0.1) is 4.90 Å². The molecule has 3 aromatic carbocycles. The van der Waals surface area contributed by atoms with Crippen LogP contribution in [0.25, 0.3) is 0 Å². The first-order chi connectivity index (χ1) is 15.9. The van der Waals surface area contributed by atoms with E-state index < -0.39 is 10.0 Å². The fraction of sp³-hybridized carbons (Fsp3) is 0.269. The summed E-state index contributed by atoms with van der Waals surface area (Å²) in [7, 11) is -3.82. The highest BCUT2D eigenvalue weighted by Crippen LogP contribution is 2.22. The van der Waals surface area contributed by atoms with Crippen molar-refractivity contribution in [1.29, 1.82) is 0 Å². The highest BCUT2D eigenvalue weighted by molar-refractivity contribution is 7.92. The Morgan fingerprint density at radius 1 is 0.909 bits per heavy atom. The molecule has 1 aliphatic heterocycles. The fourth-order valence-corrected chi connectivity index (χ4v) is 5.34. The fourth-order valence-electron chi connectivity index (χ4n) is 4.01. The molecular formula is C26H29N3O3S. The number of nitrogens with zero attached hydrogens (tertiary/aromatic N) is 1. The van der Waals surface area contributed by atoms with Crippen molar-refractivity contribution in [3.63, 3.8) is 0 Å². The predicted molar refractivity (Wildman–Crippen MR) is 132 cm³/mol. The van der Waals surface area contributed by atoms with Gasteiger partial charge >= 0.3 is 0 Å². The minimum Gasteiger partial charge on any atom is -0.372 e. The lowest BCUT2D eigenvalue weighted by Gasteiger charge is -2.28. The van der Waals surface area contributed by atoms with E-state index in [0.29, 0.717) is 23.4 Å². The van der Waals surface area contributed by atoms with Crippen molar-refractivity contribution in [2.24, 2.45) is 0 Å². The van der Waals surface area contributed by atoms with Crippen molar-refractivity contribution in [3.8, 4) is 0 Å². The summed E-state index contributed by atoms with van der Waals surface area (Å²) in [5.74, 6) is -0.314. The first-order valence-corrected chi connectivity index (χ1v) is 12.7. The van der Waals surface area contributed by atoms with Gasteiger partial charge in [-0.25, -0.2) is 8.42 Å². The van der Waals surface area contributed by atoms with Gasteiger partial charge in [0, 0.05) is 36.6 Å². The van der Waals surface area contributed by atoms with Gasteiger partial charge in [-0.1, -0.05) is 36.4 Å². The molecule has 1 aliphatic rings. The van der Waals surface area contributed by atoms with E-state index in [4.69, 9.17) is 0 Å². The summed E-state index contributed by atoms with van der Waals surface area (Å²) in [5.41, 5.74) is 3.56. The summed E-state index contributed by atoms with van der Waals surface area (Å²) >= 11 is 0. The van der Waals surface area contributed by atoms with E-state index in [2.05, 4.69) is 27.1 Å². The number of hydrogen-bond acceptors (Lipinski definition) is 4. The molecule has 1 fully saturated rings. The van der Waals surface area contributed by atoms with Crippen molar-refractivity contribution < 1.29 is 13.2 Å². The molecule has 2 N–H and O–H groups in total. The SMILES string of the molecule is Cc1ccc(C(=O)NCc2ccc(N3CCCCC3)cc2)cc1S(=O)(=O)Nc1ccccc1. The Kier molecular flexibility index (Phi) is 6.99. The zero-order chi connectivity index (χ0) is 23.3. The van der Waals surface area contributed by atoms with Gasteiger partial charge in [0.25, 0.3) is 15.9 Å². The number of aryl methyl sites for hydroxylation is 1. The highest BCUT2D eigenvalue weighted by Gasteiger charge is 2.19. The van der Waals surface area contributed by atoms with Crippen molar-refractivity contribution in [1.82, 2.24) is 5.32 Å². The van der Waals surface area contributed by atoms with Gasteiger partial charge in [-0.2, -0.15) is 0 Å².